The van der Waals surface area contributed by atoms with Crippen molar-refractivity contribution in [1.29, 1.82) is 0 Å². The van der Waals surface area contributed by atoms with Crippen LogP contribution in [0.15, 0.2) is 79.7 Å². The van der Waals surface area contributed by atoms with Gasteiger partial charge in [-0.2, -0.15) is 0 Å². The summed E-state index contributed by atoms with van der Waals surface area (Å²) in [5.41, 5.74) is -0.509. The third-order valence-electron chi connectivity index (χ3n) is 7.00. The lowest BCUT2D eigenvalue weighted by Gasteiger charge is -2.39. The van der Waals surface area contributed by atoms with Crippen LogP contribution in [0.3, 0.4) is 0 Å². The van der Waals surface area contributed by atoms with Crippen LogP contribution in [0.4, 0.5) is 0 Å². The van der Waals surface area contributed by atoms with E-state index in [2.05, 4.69) is 17.6 Å². The number of aromatic nitrogens is 1. The molecule has 1 aromatic carbocycles. The second-order valence-electron chi connectivity index (χ2n) is 9.43. The summed E-state index contributed by atoms with van der Waals surface area (Å²) in [6, 6.07) is 12.7. The topological polar surface area (TPSA) is 79.8 Å². The van der Waals surface area contributed by atoms with Crippen molar-refractivity contribution in [2.45, 2.75) is 56.5 Å². The first-order chi connectivity index (χ1) is 17.5. The molecule has 0 aliphatic carbocycles. The van der Waals surface area contributed by atoms with Crippen molar-refractivity contribution in [2.24, 2.45) is 0 Å². The summed E-state index contributed by atoms with van der Waals surface area (Å²) in [5.74, 6) is -0.0498. The van der Waals surface area contributed by atoms with E-state index in [0.717, 1.165) is 6.42 Å². The zero-order chi connectivity index (χ0) is 25.5. The molecule has 0 saturated carbocycles. The SMILES string of the molecule is C=CC[C@@H]1CC=C[C@@H](C)N1C(=O)C[C@@]1(c2ccccc2)CC(=O)N(CCCOc2cccnc2)C1=O. The normalized spacial score (nSPS) is 23.7. The minimum atomic E-state index is -1.21. The highest BCUT2D eigenvalue weighted by molar-refractivity contribution is 6.10. The van der Waals surface area contributed by atoms with Crippen LogP contribution in [-0.4, -0.2) is 57.7 Å². The Kier molecular flexibility index (Phi) is 7.98. The number of likely N-dealkylation sites (tertiary alicyclic amines) is 1. The van der Waals surface area contributed by atoms with E-state index >= 15 is 0 Å². The van der Waals surface area contributed by atoms with Crippen LogP contribution in [0.5, 0.6) is 5.75 Å². The van der Waals surface area contributed by atoms with Gasteiger partial charge in [0.05, 0.1) is 18.2 Å². The van der Waals surface area contributed by atoms with Crippen molar-refractivity contribution in [3.63, 3.8) is 0 Å². The highest BCUT2D eigenvalue weighted by atomic mass is 16.5. The molecule has 2 aromatic rings. The van der Waals surface area contributed by atoms with Gasteiger partial charge >= 0.3 is 0 Å². The largest absolute Gasteiger partial charge is 0.492 e. The second kappa shape index (κ2) is 11.3. The third-order valence-corrected chi connectivity index (χ3v) is 7.00. The smallest absolute Gasteiger partial charge is 0.240 e. The molecule has 3 heterocycles. The fraction of sp³-hybridized carbons (Fsp3) is 0.379. The Hall–Kier alpha value is -3.74. The summed E-state index contributed by atoms with van der Waals surface area (Å²) >= 11 is 0. The molecule has 36 heavy (non-hydrogen) atoms. The Bertz CT molecular complexity index is 1120. The molecule has 3 atom stereocenters. The van der Waals surface area contributed by atoms with Gasteiger partial charge in [0.1, 0.15) is 5.75 Å². The lowest BCUT2D eigenvalue weighted by molar-refractivity contribution is -0.144. The lowest BCUT2D eigenvalue weighted by Crippen LogP contribution is -2.50. The van der Waals surface area contributed by atoms with Crippen molar-refractivity contribution in [1.82, 2.24) is 14.8 Å². The number of imide groups is 1. The fourth-order valence-electron chi connectivity index (χ4n) is 5.25. The monoisotopic (exact) mass is 487 g/mol. The Labute approximate surface area is 212 Å². The number of carbonyl (C=O) groups is 3. The van der Waals surface area contributed by atoms with Gasteiger partial charge in [-0.3, -0.25) is 24.3 Å². The molecular weight excluding hydrogens is 454 g/mol. The molecule has 0 radical (unpaired) electrons. The standard InChI is InChI=1S/C29H33N3O4/c1-3-10-24-14-7-11-22(2)32(24)27(34)20-29(23-12-5-4-6-13-23)19-26(33)31(28(29)35)17-9-18-36-25-15-8-16-30-21-25/h3-8,11-13,15-16,21-22,24H,1,9-10,14,17-20H2,2H3/t22-,24-,29-/m1/s1. The maximum Gasteiger partial charge on any atom is 0.240 e. The summed E-state index contributed by atoms with van der Waals surface area (Å²) < 4.78 is 5.68. The number of ether oxygens (including phenoxy) is 1. The van der Waals surface area contributed by atoms with Crippen LogP contribution >= 0.6 is 0 Å². The van der Waals surface area contributed by atoms with Gasteiger partial charge in [-0.25, -0.2) is 0 Å². The molecule has 7 heteroatoms. The summed E-state index contributed by atoms with van der Waals surface area (Å²) in [6.45, 7) is 6.41. The summed E-state index contributed by atoms with van der Waals surface area (Å²) in [7, 11) is 0. The summed E-state index contributed by atoms with van der Waals surface area (Å²) in [5, 5.41) is 0. The predicted octanol–water partition coefficient (Wildman–Crippen LogP) is 4.06. The van der Waals surface area contributed by atoms with E-state index in [-0.39, 0.29) is 49.2 Å². The molecule has 3 amide bonds. The van der Waals surface area contributed by atoms with Gasteiger partial charge in [-0.1, -0.05) is 48.6 Å². The third kappa shape index (κ3) is 5.25. The van der Waals surface area contributed by atoms with Crippen LogP contribution in [0.2, 0.25) is 0 Å². The molecule has 0 spiro atoms. The van der Waals surface area contributed by atoms with Crippen molar-refractivity contribution >= 4 is 17.7 Å². The molecule has 1 saturated heterocycles. The number of benzene rings is 1. The van der Waals surface area contributed by atoms with Crippen LogP contribution in [0.25, 0.3) is 0 Å². The average Bonchev–Trinajstić information content (AvgIpc) is 3.12. The van der Waals surface area contributed by atoms with E-state index in [4.69, 9.17) is 4.74 Å². The predicted molar refractivity (Wildman–Crippen MR) is 137 cm³/mol. The van der Waals surface area contributed by atoms with E-state index in [1.807, 2.05) is 60.4 Å². The summed E-state index contributed by atoms with van der Waals surface area (Å²) in [4.78, 5) is 47.9. The number of nitrogens with zero attached hydrogens (tertiary/aromatic N) is 3. The van der Waals surface area contributed by atoms with E-state index in [0.29, 0.717) is 30.8 Å². The highest BCUT2D eigenvalue weighted by Crippen LogP contribution is 2.41. The van der Waals surface area contributed by atoms with Gasteiger partial charge in [0.15, 0.2) is 0 Å². The minimum absolute atomic E-state index is 0.00393. The van der Waals surface area contributed by atoms with Crippen LogP contribution in [-0.2, 0) is 19.8 Å². The van der Waals surface area contributed by atoms with Crippen LogP contribution < -0.4 is 4.74 Å². The Morgan fingerprint density at radius 3 is 2.75 bits per heavy atom. The minimum Gasteiger partial charge on any atom is -0.492 e. The maximum atomic E-state index is 13.9. The van der Waals surface area contributed by atoms with Crippen LogP contribution in [0.1, 0.15) is 44.6 Å². The number of hydrogen-bond donors (Lipinski definition) is 0. The van der Waals surface area contributed by atoms with Gasteiger partial charge in [-0.15, -0.1) is 6.58 Å². The number of rotatable bonds is 10. The zero-order valence-corrected chi connectivity index (χ0v) is 20.7. The van der Waals surface area contributed by atoms with Gasteiger partial charge < -0.3 is 9.64 Å². The molecule has 1 aromatic heterocycles. The Morgan fingerprint density at radius 1 is 1.22 bits per heavy atom. The summed E-state index contributed by atoms with van der Waals surface area (Å²) in [6.07, 6.45) is 11.1. The number of pyridine rings is 1. The molecule has 0 bridgehead atoms. The molecule has 188 valence electrons. The Balaban J connectivity index is 1.53. The fourth-order valence-corrected chi connectivity index (χ4v) is 5.25. The van der Waals surface area contributed by atoms with Crippen molar-refractivity contribution in [2.75, 3.05) is 13.2 Å². The van der Waals surface area contributed by atoms with E-state index < -0.39 is 5.41 Å². The first-order valence-electron chi connectivity index (χ1n) is 12.5. The second-order valence-corrected chi connectivity index (χ2v) is 9.43. The molecule has 2 aliphatic heterocycles. The molecule has 4 rings (SSSR count). The molecule has 7 nitrogen and oxygen atoms in total. The molecule has 2 aliphatic rings. The average molecular weight is 488 g/mol. The quantitative estimate of drug-likeness (QED) is 0.287. The number of hydrogen-bond acceptors (Lipinski definition) is 5. The first-order valence-corrected chi connectivity index (χ1v) is 12.5. The molecule has 0 unspecified atom stereocenters. The number of carbonyl (C=O) groups excluding carboxylic acids is 3. The van der Waals surface area contributed by atoms with E-state index in [9.17, 15) is 14.4 Å². The zero-order valence-electron chi connectivity index (χ0n) is 20.7. The highest BCUT2D eigenvalue weighted by Gasteiger charge is 2.54. The van der Waals surface area contributed by atoms with Crippen molar-refractivity contribution < 1.29 is 19.1 Å². The van der Waals surface area contributed by atoms with Gasteiger partial charge in [0.25, 0.3) is 0 Å². The molecule has 0 N–H and O–H groups in total. The lowest BCUT2D eigenvalue weighted by atomic mass is 9.75. The van der Waals surface area contributed by atoms with Crippen molar-refractivity contribution in [3.8, 4) is 5.75 Å². The maximum absolute atomic E-state index is 13.9. The molecule has 1 fully saturated rings. The van der Waals surface area contributed by atoms with Gasteiger partial charge in [0, 0.05) is 37.7 Å². The Morgan fingerprint density at radius 2 is 2.03 bits per heavy atom. The molecular formula is C29H33N3O4. The first kappa shape index (κ1) is 25.4. The number of amides is 3. The van der Waals surface area contributed by atoms with Crippen LogP contribution in [0, 0.1) is 0 Å². The van der Waals surface area contributed by atoms with Crippen molar-refractivity contribution in [3.05, 3.63) is 85.2 Å². The van der Waals surface area contributed by atoms with Gasteiger partial charge in [-0.05, 0) is 43.9 Å². The van der Waals surface area contributed by atoms with Gasteiger partial charge in [0.2, 0.25) is 17.7 Å². The van der Waals surface area contributed by atoms with E-state index in [1.165, 1.54) is 4.90 Å². The van der Waals surface area contributed by atoms with E-state index in [1.54, 1.807) is 18.5 Å².